The first-order valence-corrected chi connectivity index (χ1v) is 6.02. The first-order valence-electron chi connectivity index (χ1n) is 6.02. The highest BCUT2D eigenvalue weighted by molar-refractivity contribution is 5.82. The molecule has 0 aliphatic heterocycles. The zero-order chi connectivity index (χ0) is 9.97. The van der Waals surface area contributed by atoms with Crippen LogP contribution in [0.2, 0.25) is 0 Å². The number of hydrogen-bond donors (Lipinski definition) is 0. The van der Waals surface area contributed by atoms with E-state index in [1.54, 1.807) is 0 Å². The molecule has 1 nitrogen and oxygen atoms in total. The van der Waals surface area contributed by atoms with Gasteiger partial charge in [-0.1, -0.05) is 31.9 Å². The molecule has 2 aliphatic carbocycles. The predicted octanol–water partition coefficient (Wildman–Crippen LogP) is 3.35. The van der Waals surface area contributed by atoms with E-state index in [2.05, 4.69) is 19.1 Å². The zero-order valence-corrected chi connectivity index (χ0v) is 9.04. The van der Waals surface area contributed by atoms with Crippen molar-refractivity contribution >= 4 is 5.78 Å². The van der Waals surface area contributed by atoms with Crippen molar-refractivity contribution in [1.29, 1.82) is 0 Å². The molecular weight excluding hydrogens is 172 g/mol. The minimum atomic E-state index is 0.391. The maximum atomic E-state index is 11.9. The average molecular weight is 192 g/mol. The molecule has 0 aromatic rings. The van der Waals surface area contributed by atoms with Gasteiger partial charge in [-0.2, -0.15) is 0 Å². The maximum Gasteiger partial charge on any atom is 0.136 e. The van der Waals surface area contributed by atoms with Crippen molar-refractivity contribution in [3.63, 3.8) is 0 Å². The summed E-state index contributed by atoms with van der Waals surface area (Å²) in [6.07, 6.45) is 11.3. The Kier molecular flexibility index (Phi) is 3.05. The lowest BCUT2D eigenvalue weighted by molar-refractivity contribution is -0.123. The molecule has 0 heterocycles. The second-order valence-electron chi connectivity index (χ2n) is 4.81. The van der Waals surface area contributed by atoms with Crippen molar-refractivity contribution in [2.75, 3.05) is 0 Å². The summed E-state index contributed by atoms with van der Waals surface area (Å²) < 4.78 is 0. The second-order valence-corrected chi connectivity index (χ2v) is 4.81. The van der Waals surface area contributed by atoms with Crippen molar-refractivity contribution in [3.8, 4) is 0 Å². The standard InChI is InChI=1S/C13H20O/c1-2-3-4-5-13(14)12-9-10-6-7-11(12)8-10/h6-7,10-12H,2-5,8-9H2,1H3/t10-,11+,12-/m1/s1. The molecule has 1 saturated carbocycles. The Morgan fingerprint density at radius 1 is 1.29 bits per heavy atom. The summed E-state index contributed by atoms with van der Waals surface area (Å²) in [5, 5.41) is 0. The number of hydrogen-bond acceptors (Lipinski definition) is 1. The molecule has 14 heavy (non-hydrogen) atoms. The van der Waals surface area contributed by atoms with E-state index in [1.165, 1.54) is 19.3 Å². The van der Waals surface area contributed by atoms with Gasteiger partial charge in [0.25, 0.3) is 0 Å². The quantitative estimate of drug-likeness (QED) is 0.482. The van der Waals surface area contributed by atoms with Crippen LogP contribution in [-0.2, 0) is 4.79 Å². The molecule has 78 valence electrons. The van der Waals surface area contributed by atoms with E-state index in [0.717, 1.165) is 25.2 Å². The number of rotatable bonds is 5. The highest BCUT2D eigenvalue weighted by Gasteiger charge is 2.38. The van der Waals surface area contributed by atoms with Crippen LogP contribution in [0.15, 0.2) is 12.2 Å². The second kappa shape index (κ2) is 4.29. The molecule has 3 atom stereocenters. The van der Waals surface area contributed by atoms with Gasteiger partial charge >= 0.3 is 0 Å². The molecule has 0 aromatic heterocycles. The fourth-order valence-corrected chi connectivity index (χ4v) is 2.89. The van der Waals surface area contributed by atoms with E-state index in [9.17, 15) is 4.79 Å². The van der Waals surface area contributed by atoms with Crippen molar-refractivity contribution in [2.24, 2.45) is 17.8 Å². The highest BCUT2D eigenvalue weighted by Crippen LogP contribution is 2.44. The summed E-state index contributed by atoms with van der Waals surface area (Å²) in [7, 11) is 0. The minimum absolute atomic E-state index is 0.391. The molecule has 0 unspecified atom stereocenters. The van der Waals surface area contributed by atoms with E-state index >= 15 is 0 Å². The van der Waals surface area contributed by atoms with Gasteiger partial charge in [0.1, 0.15) is 5.78 Å². The van der Waals surface area contributed by atoms with Gasteiger partial charge in [0.15, 0.2) is 0 Å². The number of carbonyl (C=O) groups excluding carboxylic acids is 1. The average Bonchev–Trinajstić information content (AvgIpc) is 2.79. The molecular formula is C13H20O. The van der Waals surface area contributed by atoms with E-state index in [0.29, 0.717) is 17.6 Å². The first kappa shape index (κ1) is 9.95. The normalized spacial score (nSPS) is 33.9. The van der Waals surface area contributed by atoms with Crippen molar-refractivity contribution < 1.29 is 4.79 Å². The molecule has 2 bridgehead atoms. The first-order chi connectivity index (χ1) is 6.81. The molecule has 0 aromatic carbocycles. The van der Waals surface area contributed by atoms with Gasteiger partial charge in [-0.3, -0.25) is 4.79 Å². The summed E-state index contributed by atoms with van der Waals surface area (Å²) in [6.45, 7) is 2.19. The number of unbranched alkanes of at least 4 members (excludes halogenated alkanes) is 2. The maximum absolute atomic E-state index is 11.9. The summed E-state index contributed by atoms with van der Waals surface area (Å²) in [6, 6.07) is 0. The van der Waals surface area contributed by atoms with E-state index in [1.807, 2.05) is 0 Å². The van der Waals surface area contributed by atoms with Crippen LogP contribution in [-0.4, -0.2) is 5.78 Å². The molecule has 0 N–H and O–H groups in total. The lowest BCUT2D eigenvalue weighted by atomic mass is 9.87. The Labute approximate surface area is 86.6 Å². The topological polar surface area (TPSA) is 17.1 Å². The van der Waals surface area contributed by atoms with Gasteiger partial charge < -0.3 is 0 Å². The molecule has 0 saturated heterocycles. The Morgan fingerprint density at radius 2 is 2.14 bits per heavy atom. The molecule has 0 amide bonds. The number of allylic oxidation sites excluding steroid dienone is 2. The minimum Gasteiger partial charge on any atom is -0.299 e. The van der Waals surface area contributed by atoms with Gasteiger partial charge in [-0.05, 0) is 31.1 Å². The summed E-state index contributed by atoms with van der Waals surface area (Å²) in [5.74, 6) is 2.27. The van der Waals surface area contributed by atoms with Crippen LogP contribution < -0.4 is 0 Å². The Morgan fingerprint density at radius 3 is 2.71 bits per heavy atom. The largest absolute Gasteiger partial charge is 0.299 e. The highest BCUT2D eigenvalue weighted by atomic mass is 16.1. The zero-order valence-electron chi connectivity index (χ0n) is 9.04. The van der Waals surface area contributed by atoms with Crippen molar-refractivity contribution in [3.05, 3.63) is 12.2 Å². The lowest BCUT2D eigenvalue weighted by Gasteiger charge is -2.16. The summed E-state index contributed by atoms with van der Waals surface area (Å²) in [5.41, 5.74) is 0. The Bertz CT molecular complexity index is 242. The number of Topliss-reactive ketones (excluding diaryl/α,β-unsaturated/α-hetero) is 1. The van der Waals surface area contributed by atoms with Gasteiger partial charge in [0, 0.05) is 12.3 Å². The van der Waals surface area contributed by atoms with Crippen LogP contribution in [0.3, 0.4) is 0 Å². The third-order valence-electron chi connectivity index (χ3n) is 3.72. The van der Waals surface area contributed by atoms with Gasteiger partial charge in [0.2, 0.25) is 0 Å². The van der Waals surface area contributed by atoms with Crippen LogP contribution in [0.4, 0.5) is 0 Å². The third kappa shape index (κ3) is 1.92. The Balaban J connectivity index is 1.79. The van der Waals surface area contributed by atoms with Gasteiger partial charge in [-0.15, -0.1) is 0 Å². The van der Waals surface area contributed by atoms with E-state index < -0.39 is 0 Å². The molecule has 0 radical (unpaired) electrons. The lowest BCUT2D eigenvalue weighted by Crippen LogP contribution is -2.18. The van der Waals surface area contributed by atoms with Crippen LogP contribution in [0.1, 0.15) is 45.4 Å². The fraction of sp³-hybridized carbons (Fsp3) is 0.769. The van der Waals surface area contributed by atoms with E-state index in [4.69, 9.17) is 0 Å². The van der Waals surface area contributed by atoms with Crippen LogP contribution in [0.5, 0.6) is 0 Å². The number of fused-ring (bicyclic) bond motifs is 2. The Hall–Kier alpha value is -0.590. The molecule has 0 spiro atoms. The van der Waals surface area contributed by atoms with Gasteiger partial charge in [-0.25, -0.2) is 0 Å². The number of ketones is 1. The molecule has 1 fully saturated rings. The third-order valence-corrected chi connectivity index (χ3v) is 3.72. The summed E-state index contributed by atoms with van der Waals surface area (Å²) >= 11 is 0. The van der Waals surface area contributed by atoms with Crippen LogP contribution in [0, 0.1) is 17.8 Å². The van der Waals surface area contributed by atoms with Crippen LogP contribution >= 0.6 is 0 Å². The molecule has 2 aliphatic rings. The SMILES string of the molecule is CCCCCC(=O)[C@@H]1C[C@@H]2C=C[C@H]1C2. The van der Waals surface area contributed by atoms with Crippen molar-refractivity contribution in [1.82, 2.24) is 0 Å². The van der Waals surface area contributed by atoms with Crippen LogP contribution in [0.25, 0.3) is 0 Å². The molecule has 2 rings (SSSR count). The summed E-state index contributed by atoms with van der Waals surface area (Å²) in [4.78, 5) is 11.9. The fourth-order valence-electron chi connectivity index (χ4n) is 2.89. The van der Waals surface area contributed by atoms with Crippen molar-refractivity contribution in [2.45, 2.75) is 45.4 Å². The van der Waals surface area contributed by atoms with E-state index in [-0.39, 0.29) is 0 Å². The smallest absolute Gasteiger partial charge is 0.136 e. The molecule has 1 heteroatoms. The van der Waals surface area contributed by atoms with Gasteiger partial charge in [0.05, 0.1) is 0 Å². The monoisotopic (exact) mass is 192 g/mol. The number of carbonyl (C=O) groups is 1. The predicted molar refractivity (Wildman–Crippen MR) is 58.0 cm³/mol.